The van der Waals surface area contributed by atoms with E-state index in [1.54, 1.807) is 4.90 Å². The summed E-state index contributed by atoms with van der Waals surface area (Å²) in [6.07, 6.45) is 1.93. The standard InChI is InChI=1S/C21H19F2N3O/c22-17-9-8-16(13-18(17)23)20-19-7-4-10-25(19)11-12-26(20)21(27)24-14-15-5-2-1-3-6-15/h1-10,13,20H,11-12,14H2,(H,24,27)/t20-/m0/s1. The quantitative estimate of drug-likeness (QED) is 0.744. The van der Waals surface area contributed by atoms with Crippen molar-refractivity contribution in [2.45, 2.75) is 19.1 Å². The summed E-state index contributed by atoms with van der Waals surface area (Å²) in [6, 6.07) is 16.5. The van der Waals surface area contributed by atoms with Gasteiger partial charge in [0, 0.05) is 31.5 Å². The molecule has 0 fully saturated rings. The largest absolute Gasteiger partial charge is 0.348 e. The van der Waals surface area contributed by atoms with Crippen molar-refractivity contribution in [2.24, 2.45) is 0 Å². The second kappa shape index (κ2) is 7.23. The molecular weight excluding hydrogens is 348 g/mol. The summed E-state index contributed by atoms with van der Waals surface area (Å²) >= 11 is 0. The van der Waals surface area contributed by atoms with E-state index < -0.39 is 17.7 Å². The molecule has 0 unspecified atom stereocenters. The minimum absolute atomic E-state index is 0.235. The van der Waals surface area contributed by atoms with Gasteiger partial charge in [-0.05, 0) is 35.4 Å². The topological polar surface area (TPSA) is 37.3 Å². The van der Waals surface area contributed by atoms with E-state index in [1.165, 1.54) is 12.1 Å². The first-order valence-electron chi connectivity index (χ1n) is 8.82. The van der Waals surface area contributed by atoms with Gasteiger partial charge in [0.1, 0.15) is 0 Å². The van der Waals surface area contributed by atoms with Crippen LogP contribution in [-0.4, -0.2) is 22.0 Å². The van der Waals surface area contributed by atoms with Crippen LogP contribution in [0.3, 0.4) is 0 Å². The molecule has 2 amide bonds. The molecule has 6 heteroatoms. The molecule has 27 heavy (non-hydrogen) atoms. The first kappa shape index (κ1) is 17.3. The highest BCUT2D eigenvalue weighted by molar-refractivity contribution is 5.75. The van der Waals surface area contributed by atoms with Crippen LogP contribution in [0.25, 0.3) is 0 Å². The van der Waals surface area contributed by atoms with E-state index in [0.29, 0.717) is 25.2 Å². The second-order valence-electron chi connectivity index (χ2n) is 6.54. The molecule has 0 spiro atoms. The number of urea groups is 1. The van der Waals surface area contributed by atoms with Gasteiger partial charge in [0.2, 0.25) is 0 Å². The molecule has 1 atom stereocenters. The molecule has 4 rings (SSSR count). The summed E-state index contributed by atoms with van der Waals surface area (Å²) < 4.78 is 29.3. The average molecular weight is 367 g/mol. The van der Waals surface area contributed by atoms with Crippen LogP contribution < -0.4 is 5.32 Å². The fraction of sp³-hybridized carbons (Fsp3) is 0.190. The Labute approximate surface area is 156 Å². The SMILES string of the molecule is O=C(NCc1ccccc1)N1CCn2cccc2[C@@H]1c1ccc(F)c(F)c1. The summed E-state index contributed by atoms with van der Waals surface area (Å²) in [4.78, 5) is 14.5. The van der Waals surface area contributed by atoms with Crippen LogP contribution >= 0.6 is 0 Å². The van der Waals surface area contributed by atoms with Gasteiger partial charge < -0.3 is 14.8 Å². The van der Waals surface area contributed by atoms with Crippen molar-refractivity contribution in [1.82, 2.24) is 14.8 Å². The summed E-state index contributed by atoms with van der Waals surface area (Å²) in [5, 5.41) is 2.93. The summed E-state index contributed by atoms with van der Waals surface area (Å²) in [5.74, 6) is -1.81. The van der Waals surface area contributed by atoms with Crippen molar-refractivity contribution >= 4 is 6.03 Å². The third-order valence-electron chi connectivity index (χ3n) is 4.85. The van der Waals surface area contributed by atoms with Crippen molar-refractivity contribution < 1.29 is 13.6 Å². The van der Waals surface area contributed by atoms with Crippen LogP contribution in [0.1, 0.15) is 22.9 Å². The lowest BCUT2D eigenvalue weighted by atomic mass is 10.00. The lowest BCUT2D eigenvalue weighted by molar-refractivity contribution is 0.168. The average Bonchev–Trinajstić information content (AvgIpc) is 3.17. The van der Waals surface area contributed by atoms with Gasteiger partial charge in [-0.3, -0.25) is 0 Å². The van der Waals surface area contributed by atoms with Gasteiger partial charge in [-0.2, -0.15) is 0 Å². The fourth-order valence-electron chi connectivity index (χ4n) is 3.51. The number of nitrogens with one attached hydrogen (secondary N) is 1. The maximum Gasteiger partial charge on any atom is 0.318 e. The molecular formula is C21H19F2N3O. The van der Waals surface area contributed by atoms with E-state index in [0.717, 1.165) is 17.3 Å². The number of amides is 2. The van der Waals surface area contributed by atoms with E-state index >= 15 is 0 Å². The number of rotatable bonds is 3. The minimum Gasteiger partial charge on any atom is -0.348 e. The molecule has 138 valence electrons. The molecule has 4 nitrogen and oxygen atoms in total. The Balaban J connectivity index is 1.62. The van der Waals surface area contributed by atoms with E-state index in [-0.39, 0.29) is 6.03 Å². The molecule has 2 heterocycles. The fourth-order valence-corrected chi connectivity index (χ4v) is 3.51. The van der Waals surface area contributed by atoms with E-state index in [1.807, 2.05) is 53.2 Å². The second-order valence-corrected chi connectivity index (χ2v) is 6.54. The lowest BCUT2D eigenvalue weighted by Crippen LogP contribution is -2.47. The Morgan fingerprint density at radius 2 is 1.81 bits per heavy atom. The smallest absolute Gasteiger partial charge is 0.318 e. The molecule has 0 aliphatic carbocycles. The normalized spacial score (nSPS) is 16.1. The number of carbonyl (C=O) groups is 1. The molecule has 1 aliphatic heterocycles. The van der Waals surface area contributed by atoms with Crippen molar-refractivity contribution in [3.05, 3.63) is 95.3 Å². The Hall–Kier alpha value is -3.15. The van der Waals surface area contributed by atoms with Gasteiger partial charge in [-0.1, -0.05) is 36.4 Å². The van der Waals surface area contributed by atoms with Gasteiger partial charge in [0.25, 0.3) is 0 Å². The van der Waals surface area contributed by atoms with Gasteiger partial charge >= 0.3 is 6.03 Å². The molecule has 0 bridgehead atoms. The zero-order valence-electron chi connectivity index (χ0n) is 14.6. The summed E-state index contributed by atoms with van der Waals surface area (Å²) in [6.45, 7) is 1.54. The number of hydrogen-bond donors (Lipinski definition) is 1. The van der Waals surface area contributed by atoms with Crippen LogP contribution in [0.5, 0.6) is 0 Å². The lowest BCUT2D eigenvalue weighted by Gasteiger charge is -2.37. The summed E-state index contributed by atoms with van der Waals surface area (Å²) in [7, 11) is 0. The molecule has 1 aromatic heterocycles. The van der Waals surface area contributed by atoms with Crippen LogP contribution in [0.2, 0.25) is 0 Å². The number of hydrogen-bond acceptors (Lipinski definition) is 1. The molecule has 0 saturated heterocycles. The monoisotopic (exact) mass is 367 g/mol. The Bertz CT molecular complexity index is 955. The van der Waals surface area contributed by atoms with Gasteiger partial charge in [-0.15, -0.1) is 0 Å². The number of fused-ring (bicyclic) bond motifs is 1. The van der Waals surface area contributed by atoms with Gasteiger partial charge in [0.15, 0.2) is 11.6 Å². The van der Waals surface area contributed by atoms with Crippen LogP contribution in [0.15, 0.2) is 66.9 Å². The van der Waals surface area contributed by atoms with Gasteiger partial charge in [-0.25, -0.2) is 13.6 Å². The Morgan fingerprint density at radius 3 is 2.59 bits per heavy atom. The van der Waals surface area contributed by atoms with Crippen molar-refractivity contribution in [3.63, 3.8) is 0 Å². The van der Waals surface area contributed by atoms with Crippen LogP contribution in [0.4, 0.5) is 13.6 Å². The maximum atomic E-state index is 13.8. The molecule has 0 radical (unpaired) electrons. The minimum atomic E-state index is -0.916. The number of carbonyl (C=O) groups excluding carboxylic acids is 1. The summed E-state index contributed by atoms with van der Waals surface area (Å²) in [5.41, 5.74) is 2.42. The van der Waals surface area contributed by atoms with Crippen molar-refractivity contribution in [3.8, 4) is 0 Å². The van der Waals surface area contributed by atoms with E-state index in [2.05, 4.69) is 5.32 Å². The van der Waals surface area contributed by atoms with Gasteiger partial charge in [0.05, 0.1) is 6.04 Å². The van der Waals surface area contributed by atoms with Crippen LogP contribution in [0, 0.1) is 11.6 Å². The highest BCUT2D eigenvalue weighted by Gasteiger charge is 2.32. The first-order valence-corrected chi connectivity index (χ1v) is 8.82. The third-order valence-corrected chi connectivity index (χ3v) is 4.85. The molecule has 2 aromatic carbocycles. The zero-order valence-corrected chi connectivity index (χ0v) is 14.6. The predicted octanol–water partition coefficient (Wildman–Crippen LogP) is 4.08. The molecule has 3 aromatic rings. The Kier molecular flexibility index (Phi) is 4.62. The van der Waals surface area contributed by atoms with Crippen LogP contribution in [-0.2, 0) is 13.1 Å². The molecule has 1 aliphatic rings. The highest BCUT2D eigenvalue weighted by atomic mass is 19.2. The third kappa shape index (κ3) is 3.43. The molecule has 1 N–H and O–H groups in total. The number of halogens is 2. The van der Waals surface area contributed by atoms with Crippen molar-refractivity contribution in [2.75, 3.05) is 6.54 Å². The van der Waals surface area contributed by atoms with E-state index in [9.17, 15) is 13.6 Å². The highest BCUT2D eigenvalue weighted by Crippen LogP contribution is 2.33. The zero-order chi connectivity index (χ0) is 18.8. The first-order chi connectivity index (χ1) is 13.1. The Morgan fingerprint density at radius 1 is 1.00 bits per heavy atom. The maximum absolute atomic E-state index is 13.8. The van der Waals surface area contributed by atoms with Crippen molar-refractivity contribution in [1.29, 1.82) is 0 Å². The van der Waals surface area contributed by atoms with E-state index in [4.69, 9.17) is 0 Å². The number of benzene rings is 2. The number of nitrogens with zero attached hydrogens (tertiary/aromatic N) is 2. The predicted molar refractivity (Wildman–Crippen MR) is 98.0 cm³/mol. The number of aromatic nitrogens is 1. The molecule has 0 saturated carbocycles.